The van der Waals surface area contributed by atoms with Crippen LogP contribution in [-0.2, 0) is 11.2 Å². The number of esters is 1. The predicted octanol–water partition coefficient (Wildman–Crippen LogP) is 3.71. The van der Waals surface area contributed by atoms with Crippen molar-refractivity contribution in [2.45, 2.75) is 12.8 Å². The van der Waals surface area contributed by atoms with Gasteiger partial charge in [-0.1, -0.05) is 24.3 Å². The largest absolute Gasteiger partial charge is 0.425 e. The van der Waals surface area contributed by atoms with Gasteiger partial charge in [0.25, 0.3) is 0 Å². The standard InChI is InChI=1S/C17H12N2O2S/c18-11-12-5-1-3-7-14(12)21-17(20)10-9-16-19-13-6-2-4-8-15(13)22-16/h1-8H,9-10H2. The Hall–Kier alpha value is -2.71. The first-order chi connectivity index (χ1) is 10.8. The molecule has 0 amide bonds. The predicted molar refractivity (Wildman–Crippen MR) is 84.7 cm³/mol. The van der Waals surface area contributed by atoms with Crippen LogP contribution in [0.5, 0.6) is 5.75 Å². The van der Waals surface area contributed by atoms with E-state index >= 15 is 0 Å². The van der Waals surface area contributed by atoms with Crippen LogP contribution in [0.4, 0.5) is 0 Å². The van der Waals surface area contributed by atoms with E-state index in [0.717, 1.165) is 15.2 Å². The summed E-state index contributed by atoms with van der Waals surface area (Å²) in [4.78, 5) is 16.4. The first-order valence-corrected chi connectivity index (χ1v) is 7.62. The number of thiazole rings is 1. The number of fused-ring (bicyclic) bond motifs is 1. The first-order valence-electron chi connectivity index (χ1n) is 6.80. The second-order valence-electron chi connectivity index (χ2n) is 4.66. The molecule has 108 valence electrons. The number of benzene rings is 2. The number of carbonyl (C=O) groups excluding carboxylic acids is 1. The Kier molecular flexibility index (Phi) is 4.12. The van der Waals surface area contributed by atoms with E-state index in [1.807, 2.05) is 30.3 Å². The monoisotopic (exact) mass is 308 g/mol. The maximum atomic E-state index is 11.9. The minimum absolute atomic E-state index is 0.236. The molecule has 0 N–H and O–H groups in total. The SMILES string of the molecule is N#Cc1ccccc1OC(=O)CCc1nc2ccccc2s1. The van der Waals surface area contributed by atoms with Crippen molar-refractivity contribution in [1.29, 1.82) is 5.26 Å². The van der Waals surface area contributed by atoms with Gasteiger partial charge < -0.3 is 4.74 Å². The summed E-state index contributed by atoms with van der Waals surface area (Å²) < 4.78 is 6.36. The third kappa shape index (κ3) is 3.13. The first kappa shape index (κ1) is 14.2. The highest BCUT2D eigenvalue weighted by Crippen LogP contribution is 2.23. The average molecular weight is 308 g/mol. The van der Waals surface area contributed by atoms with Crippen molar-refractivity contribution in [3.63, 3.8) is 0 Å². The average Bonchev–Trinajstić information content (AvgIpc) is 2.96. The summed E-state index contributed by atoms with van der Waals surface area (Å²) >= 11 is 1.58. The highest BCUT2D eigenvalue weighted by Gasteiger charge is 2.11. The van der Waals surface area contributed by atoms with E-state index in [0.29, 0.717) is 17.7 Å². The van der Waals surface area contributed by atoms with Crippen molar-refractivity contribution in [3.05, 3.63) is 59.1 Å². The van der Waals surface area contributed by atoms with Crippen LogP contribution in [0.3, 0.4) is 0 Å². The smallest absolute Gasteiger partial charge is 0.311 e. The van der Waals surface area contributed by atoms with Gasteiger partial charge in [-0.15, -0.1) is 11.3 Å². The van der Waals surface area contributed by atoms with Crippen LogP contribution in [0, 0.1) is 11.3 Å². The fourth-order valence-corrected chi connectivity index (χ4v) is 3.02. The fourth-order valence-electron chi connectivity index (χ4n) is 2.06. The van der Waals surface area contributed by atoms with E-state index < -0.39 is 0 Å². The normalized spacial score (nSPS) is 10.3. The number of nitriles is 1. The molecule has 0 unspecified atom stereocenters. The number of hydrogen-bond acceptors (Lipinski definition) is 5. The molecule has 0 atom stereocenters. The molecule has 0 aliphatic rings. The lowest BCUT2D eigenvalue weighted by atomic mass is 10.2. The molecular formula is C17H12N2O2S. The lowest BCUT2D eigenvalue weighted by molar-refractivity contribution is -0.134. The van der Waals surface area contributed by atoms with Gasteiger partial charge in [0, 0.05) is 6.42 Å². The van der Waals surface area contributed by atoms with E-state index in [1.165, 1.54) is 0 Å². The number of ether oxygens (including phenoxy) is 1. The Balaban J connectivity index is 1.64. The number of nitrogens with zero attached hydrogens (tertiary/aromatic N) is 2. The Bertz CT molecular complexity index is 831. The van der Waals surface area contributed by atoms with E-state index in [4.69, 9.17) is 10.00 Å². The summed E-state index contributed by atoms with van der Waals surface area (Å²) in [5, 5.41) is 9.88. The Morgan fingerprint density at radius 3 is 2.77 bits per heavy atom. The second kappa shape index (κ2) is 6.37. The zero-order chi connectivity index (χ0) is 15.4. The molecule has 22 heavy (non-hydrogen) atoms. The molecule has 0 saturated heterocycles. The minimum Gasteiger partial charge on any atom is -0.425 e. The topological polar surface area (TPSA) is 63.0 Å². The lowest BCUT2D eigenvalue weighted by Gasteiger charge is -2.04. The van der Waals surface area contributed by atoms with Crippen molar-refractivity contribution >= 4 is 27.5 Å². The Morgan fingerprint density at radius 2 is 1.95 bits per heavy atom. The summed E-state index contributed by atoms with van der Waals surface area (Å²) in [6, 6.07) is 16.6. The van der Waals surface area contributed by atoms with Crippen molar-refractivity contribution in [2.24, 2.45) is 0 Å². The van der Waals surface area contributed by atoms with Crippen LogP contribution >= 0.6 is 11.3 Å². The molecule has 0 spiro atoms. The van der Waals surface area contributed by atoms with Crippen molar-refractivity contribution in [3.8, 4) is 11.8 Å². The van der Waals surface area contributed by atoms with E-state index in [1.54, 1.807) is 35.6 Å². The van der Waals surface area contributed by atoms with Crippen LogP contribution in [0.25, 0.3) is 10.2 Å². The van der Waals surface area contributed by atoms with Crippen molar-refractivity contribution in [2.75, 3.05) is 0 Å². The molecule has 1 aromatic heterocycles. The van der Waals surface area contributed by atoms with Gasteiger partial charge in [-0.2, -0.15) is 5.26 Å². The van der Waals surface area contributed by atoms with E-state index in [-0.39, 0.29) is 12.4 Å². The lowest BCUT2D eigenvalue weighted by Crippen LogP contribution is -2.09. The summed E-state index contributed by atoms with van der Waals surface area (Å²) in [6.07, 6.45) is 0.770. The van der Waals surface area contributed by atoms with Crippen LogP contribution in [0.2, 0.25) is 0 Å². The second-order valence-corrected chi connectivity index (χ2v) is 5.77. The van der Waals surface area contributed by atoms with Gasteiger partial charge in [-0.25, -0.2) is 4.98 Å². The fraction of sp³-hybridized carbons (Fsp3) is 0.118. The summed E-state index contributed by atoms with van der Waals surface area (Å²) in [5.41, 5.74) is 1.31. The van der Waals surface area contributed by atoms with Gasteiger partial charge >= 0.3 is 5.97 Å². The van der Waals surface area contributed by atoms with Gasteiger partial charge in [0.05, 0.1) is 27.2 Å². The maximum Gasteiger partial charge on any atom is 0.311 e. The van der Waals surface area contributed by atoms with Gasteiger partial charge in [0.1, 0.15) is 11.8 Å². The number of para-hydroxylation sites is 2. The number of rotatable bonds is 4. The highest BCUT2D eigenvalue weighted by molar-refractivity contribution is 7.18. The number of carbonyl (C=O) groups is 1. The molecule has 5 heteroatoms. The third-order valence-corrected chi connectivity index (χ3v) is 4.21. The maximum absolute atomic E-state index is 11.9. The molecule has 0 fully saturated rings. The Labute approximate surface area is 131 Å². The van der Waals surface area contributed by atoms with Crippen LogP contribution in [0.1, 0.15) is 17.0 Å². The minimum atomic E-state index is -0.359. The molecule has 4 nitrogen and oxygen atoms in total. The van der Waals surface area contributed by atoms with Crippen LogP contribution in [0.15, 0.2) is 48.5 Å². The highest BCUT2D eigenvalue weighted by atomic mass is 32.1. The summed E-state index contributed by atoms with van der Waals surface area (Å²) in [7, 11) is 0. The number of hydrogen-bond donors (Lipinski definition) is 0. The van der Waals surface area contributed by atoms with Crippen molar-refractivity contribution < 1.29 is 9.53 Å². The molecule has 1 heterocycles. The molecule has 0 aliphatic carbocycles. The van der Waals surface area contributed by atoms with Crippen LogP contribution in [-0.4, -0.2) is 11.0 Å². The molecule has 3 aromatic rings. The molecular weight excluding hydrogens is 296 g/mol. The quantitative estimate of drug-likeness (QED) is 0.544. The molecule has 2 aromatic carbocycles. The summed E-state index contributed by atoms with van der Waals surface area (Å²) in [5.74, 6) is -0.0544. The van der Waals surface area contributed by atoms with E-state index in [9.17, 15) is 4.79 Å². The van der Waals surface area contributed by atoms with Crippen LogP contribution < -0.4 is 4.74 Å². The van der Waals surface area contributed by atoms with Gasteiger partial charge in [0.2, 0.25) is 0 Å². The number of aromatic nitrogens is 1. The summed E-state index contributed by atoms with van der Waals surface area (Å²) in [6.45, 7) is 0. The van der Waals surface area contributed by atoms with Gasteiger partial charge in [0.15, 0.2) is 0 Å². The zero-order valence-electron chi connectivity index (χ0n) is 11.7. The molecule has 0 radical (unpaired) electrons. The van der Waals surface area contributed by atoms with Gasteiger partial charge in [-0.3, -0.25) is 4.79 Å². The third-order valence-electron chi connectivity index (χ3n) is 3.11. The van der Waals surface area contributed by atoms with Crippen molar-refractivity contribution in [1.82, 2.24) is 4.98 Å². The van der Waals surface area contributed by atoms with E-state index in [2.05, 4.69) is 4.98 Å². The molecule has 0 aliphatic heterocycles. The van der Waals surface area contributed by atoms with Gasteiger partial charge in [-0.05, 0) is 24.3 Å². The molecule has 3 rings (SSSR count). The number of aryl methyl sites for hydroxylation is 1. The zero-order valence-corrected chi connectivity index (χ0v) is 12.5. The molecule has 0 saturated carbocycles. The Morgan fingerprint density at radius 1 is 1.18 bits per heavy atom. The molecule has 0 bridgehead atoms.